The van der Waals surface area contributed by atoms with Gasteiger partial charge in [-0.3, -0.25) is 0 Å². The van der Waals surface area contributed by atoms with E-state index in [1.165, 1.54) is 0 Å². The standard InChI is InChI=1S/C20H19N5O2S/c26-20(22-12-15-4-2-10-27-15)24-9-7-14(13-24)25-18-16(5-1-8-21-18)23-19(25)17-6-3-11-28-17/h1-6,8,10-11,14H,7,9,12-13H2,(H,22,26)/t14-/m1/s1. The van der Waals surface area contributed by atoms with Crippen LogP contribution < -0.4 is 5.32 Å². The van der Waals surface area contributed by atoms with Gasteiger partial charge < -0.3 is 19.2 Å². The molecule has 1 aliphatic heterocycles. The van der Waals surface area contributed by atoms with Crippen LogP contribution in [0.1, 0.15) is 18.2 Å². The van der Waals surface area contributed by atoms with Crippen molar-refractivity contribution in [1.29, 1.82) is 0 Å². The second kappa shape index (κ2) is 7.12. The molecule has 8 heteroatoms. The average Bonchev–Trinajstić information content (AvgIpc) is 3.51. The van der Waals surface area contributed by atoms with Crippen LogP contribution in [0.3, 0.4) is 0 Å². The molecule has 2 amide bonds. The maximum Gasteiger partial charge on any atom is 0.317 e. The summed E-state index contributed by atoms with van der Waals surface area (Å²) in [5.74, 6) is 1.67. The predicted molar refractivity (Wildman–Crippen MR) is 107 cm³/mol. The number of urea groups is 1. The first-order valence-corrected chi connectivity index (χ1v) is 10.1. The van der Waals surface area contributed by atoms with Crippen molar-refractivity contribution in [3.05, 3.63) is 60.0 Å². The summed E-state index contributed by atoms with van der Waals surface area (Å²) in [4.78, 5) is 24.9. The molecule has 4 aromatic heterocycles. The highest BCUT2D eigenvalue weighted by molar-refractivity contribution is 7.13. The summed E-state index contributed by atoms with van der Waals surface area (Å²) in [6.45, 7) is 1.72. The lowest BCUT2D eigenvalue weighted by atomic mass is 10.2. The molecular weight excluding hydrogens is 374 g/mol. The second-order valence-corrected chi connectivity index (χ2v) is 7.70. The van der Waals surface area contributed by atoms with E-state index in [1.54, 1.807) is 23.8 Å². The van der Waals surface area contributed by atoms with Crippen molar-refractivity contribution in [3.63, 3.8) is 0 Å². The maximum atomic E-state index is 12.6. The van der Waals surface area contributed by atoms with Gasteiger partial charge in [-0.25, -0.2) is 14.8 Å². The Balaban J connectivity index is 1.39. The van der Waals surface area contributed by atoms with E-state index in [2.05, 4.69) is 26.3 Å². The second-order valence-electron chi connectivity index (χ2n) is 6.76. The highest BCUT2D eigenvalue weighted by Crippen LogP contribution is 2.33. The van der Waals surface area contributed by atoms with Gasteiger partial charge in [-0.1, -0.05) is 6.07 Å². The fraction of sp³-hybridized carbons (Fsp3) is 0.250. The number of hydrogen-bond donors (Lipinski definition) is 1. The van der Waals surface area contributed by atoms with Crippen LogP contribution in [0.4, 0.5) is 4.79 Å². The van der Waals surface area contributed by atoms with E-state index in [4.69, 9.17) is 9.40 Å². The number of carbonyl (C=O) groups is 1. The third-order valence-electron chi connectivity index (χ3n) is 5.00. The smallest absolute Gasteiger partial charge is 0.317 e. The Labute approximate surface area is 165 Å². The van der Waals surface area contributed by atoms with Gasteiger partial charge in [0, 0.05) is 19.3 Å². The van der Waals surface area contributed by atoms with E-state index >= 15 is 0 Å². The average molecular weight is 393 g/mol. The molecule has 0 unspecified atom stereocenters. The number of carbonyl (C=O) groups excluding carboxylic acids is 1. The number of thiophene rings is 1. The van der Waals surface area contributed by atoms with Gasteiger partial charge in [-0.15, -0.1) is 11.3 Å². The lowest BCUT2D eigenvalue weighted by molar-refractivity contribution is 0.206. The van der Waals surface area contributed by atoms with Gasteiger partial charge in [0.2, 0.25) is 0 Å². The number of aromatic nitrogens is 3. The monoisotopic (exact) mass is 393 g/mol. The molecule has 4 aromatic rings. The van der Waals surface area contributed by atoms with Crippen LogP contribution in [0.5, 0.6) is 0 Å². The van der Waals surface area contributed by atoms with Gasteiger partial charge in [-0.05, 0) is 42.1 Å². The molecule has 0 aliphatic carbocycles. The van der Waals surface area contributed by atoms with Crippen molar-refractivity contribution in [2.24, 2.45) is 0 Å². The highest BCUT2D eigenvalue weighted by Gasteiger charge is 2.31. The van der Waals surface area contributed by atoms with Crippen LogP contribution in [0.2, 0.25) is 0 Å². The van der Waals surface area contributed by atoms with Crippen LogP contribution in [0.15, 0.2) is 58.7 Å². The topological polar surface area (TPSA) is 76.2 Å². The molecule has 0 spiro atoms. The predicted octanol–water partition coefficient (Wildman–Crippen LogP) is 3.91. The third-order valence-corrected chi connectivity index (χ3v) is 5.87. The van der Waals surface area contributed by atoms with Crippen molar-refractivity contribution < 1.29 is 9.21 Å². The fourth-order valence-corrected chi connectivity index (χ4v) is 4.39. The molecule has 1 fully saturated rings. The van der Waals surface area contributed by atoms with Gasteiger partial charge in [0.15, 0.2) is 11.5 Å². The Kier molecular flexibility index (Phi) is 4.32. The number of amides is 2. The number of fused-ring (bicyclic) bond motifs is 1. The van der Waals surface area contributed by atoms with Crippen molar-refractivity contribution in [1.82, 2.24) is 24.8 Å². The number of likely N-dealkylation sites (tertiary alicyclic amines) is 1. The summed E-state index contributed by atoms with van der Waals surface area (Å²) in [6.07, 6.45) is 4.27. The Hall–Kier alpha value is -3.13. The van der Waals surface area contributed by atoms with E-state index in [0.29, 0.717) is 19.6 Å². The van der Waals surface area contributed by atoms with Gasteiger partial charge in [-0.2, -0.15) is 0 Å². The number of hydrogen-bond acceptors (Lipinski definition) is 5. The summed E-state index contributed by atoms with van der Waals surface area (Å²) in [7, 11) is 0. The minimum absolute atomic E-state index is 0.0750. The molecule has 5 heterocycles. The minimum Gasteiger partial charge on any atom is -0.467 e. The third kappa shape index (κ3) is 3.05. The molecule has 5 rings (SSSR count). The maximum absolute atomic E-state index is 12.6. The summed E-state index contributed by atoms with van der Waals surface area (Å²) in [5.41, 5.74) is 1.75. The molecule has 0 bridgehead atoms. The Morgan fingerprint density at radius 2 is 2.25 bits per heavy atom. The molecule has 142 valence electrons. The van der Waals surface area contributed by atoms with Crippen LogP contribution in [0.25, 0.3) is 21.9 Å². The minimum atomic E-state index is -0.0750. The number of rotatable bonds is 4. The van der Waals surface area contributed by atoms with E-state index < -0.39 is 0 Å². The summed E-state index contributed by atoms with van der Waals surface area (Å²) < 4.78 is 7.47. The number of nitrogens with one attached hydrogen (secondary N) is 1. The van der Waals surface area contributed by atoms with Crippen LogP contribution >= 0.6 is 11.3 Å². The molecule has 0 radical (unpaired) electrons. The van der Waals surface area contributed by atoms with Gasteiger partial charge in [0.1, 0.15) is 11.3 Å². The highest BCUT2D eigenvalue weighted by atomic mass is 32.1. The Morgan fingerprint density at radius 3 is 3.07 bits per heavy atom. The van der Waals surface area contributed by atoms with Crippen molar-refractivity contribution in [3.8, 4) is 10.7 Å². The zero-order chi connectivity index (χ0) is 18.9. The number of furan rings is 1. The van der Waals surface area contributed by atoms with Gasteiger partial charge in [0.25, 0.3) is 0 Å². The zero-order valence-electron chi connectivity index (χ0n) is 15.1. The first kappa shape index (κ1) is 17.0. The van der Waals surface area contributed by atoms with Crippen LogP contribution in [-0.4, -0.2) is 38.6 Å². The molecule has 0 saturated carbocycles. The van der Waals surface area contributed by atoms with Gasteiger partial charge in [0.05, 0.1) is 23.7 Å². The molecule has 1 saturated heterocycles. The fourth-order valence-electron chi connectivity index (χ4n) is 3.68. The van der Waals surface area contributed by atoms with Crippen LogP contribution in [-0.2, 0) is 6.54 Å². The van der Waals surface area contributed by atoms with E-state index in [1.807, 2.05) is 35.2 Å². The van der Waals surface area contributed by atoms with Crippen LogP contribution in [0, 0.1) is 0 Å². The summed E-state index contributed by atoms with van der Waals surface area (Å²) in [6, 6.07) is 11.7. The number of pyridine rings is 1. The summed E-state index contributed by atoms with van der Waals surface area (Å²) >= 11 is 1.66. The normalized spacial score (nSPS) is 16.7. The Morgan fingerprint density at radius 1 is 1.29 bits per heavy atom. The first-order chi connectivity index (χ1) is 13.8. The SMILES string of the molecule is O=C(NCc1ccco1)N1CC[C@@H](n2c(-c3cccs3)nc3cccnc32)C1. The van der Waals surface area contributed by atoms with Crippen molar-refractivity contribution in [2.45, 2.75) is 19.0 Å². The van der Waals surface area contributed by atoms with Crippen molar-refractivity contribution in [2.75, 3.05) is 13.1 Å². The molecule has 7 nitrogen and oxygen atoms in total. The van der Waals surface area contributed by atoms with E-state index in [0.717, 1.165) is 34.0 Å². The number of nitrogens with zero attached hydrogens (tertiary/aromatic N) is 4. The molecule has 0 aromatic carbocycles. The molecular formula is C20H19N5O2S. The summed E-state index contributed by atoms with van der Waals surface area (Å²) in [5, 5.41) is 4.98. The largest absolute Gasteiger partial charge is 0.467 e. The lowest BCUT2D eigenvalue weighted by Crippen LogP contribution is -2.38. The lowest BCUT2D eigenvalue weighted by Gasteiger charge is -2.18. The molecule has 1 N–H and O–H groups in total. The molecule has 28 heavy (non-hydrogen) atoms. The van der Waals surface area contributed by atoms with E-state index in [9.17, 15) is 4.79 Å². The zero-order valence-corrected chi connectivity index (χ0v) is 15.9. The van der Waals surface area contributed by atoms with Gasteiger partial charge >= 0.3 is 6.03 Å². The molecule has 1 aliphatic rings. The number of imidazole rings is 1. The quantitative estimate of drug-likeness (QED) is 0.570. The van der Waals surface area contributed by atoms with E-state index in [-0.39, 0.29) is 12.1 Å². The first-order valence-electron chi connectivity index (χ1n) is 9.21. The van der Waals surface area contributed by atoms with Crippen molar-refractivity contribution >= 4 is 28.5 Å². The molecule has 1 atom stereocenters. The Bertz CT molecular complexity index is 1090.